The van der Waals surface area contributed by atoms with Gasteiger partial charge in [0.25, 0.3) is 0 Å². The van der Waals surface area contributed by atoms with Crippen molar-refractivity contribution < 1.29 is 9.53 Å². The van der Waals surface area contributed by atoms with Crippen LogP contribution in [0.5, 0.6) is 0 Å². The van der Waals surface area contributed by atoms with Crippen LogP contribution in [0, 0.1) is 17.3 Å². The number of halogens is 1. The Balaban J connectivity index is 1.88. The highest BCUT2D eigenvalue weighted by Crippen LogP contribution is 2.59. The van der Waals surface area contributed by atoms with Crippen molar-refractivity contribution in [1.82, 2.24) is 0 Å². The van der Waals surface area contributed by atoms with E-state index < -0.39 is 5.43 Å². The van der Waals surface area contributed by atoms with Gasteiger partial charge >= 0.3 is 5.43 Å². The quantitative estimate of drug-likeness (QED) is 0.543. The molecule has 1 saturated carbocycles. The second kappa shape index (κ2) is 3.82. The molecule has 2 nitrogen and oxygen atoms in total. The molecule has 0 radical (unpaired) electrons. The van der Waals surface area contributed by atoms with Gasteiger partial charge < -0.3 is 4.74 Å². The normalized spacial score (nSPS) is 31.5. The molecule has 0 aromatic heterocycles. The Morgan fingerprint density at radius 2 is 2.40 bits per heavy atom. The molecule has 84 valence electrons. The molecule has 2 atom stereocenters. The number of rotatable bonds is 3. The number of fused-ring (bicyclic) bond motifs is 1. The van der Waals surface area contributed by atoms with Crippen molar-refractivity contribution >= 4 is 17.0 Å². The average Bonchev–Trinajstić information content (AvgIpc) is 2.17. The molecule has 3 aliphatic rings. The van der Waals surface area contributed by atoms with E-state index in [1.165, 1.54) is 18.4 Å². The van der Waals surface area contributed by atoms with Crippen molar-refractivity contribution in [2.24, 2.45) is 17.3 Å². The van der Waals surface area contributed by atoms with Crippen LogP contribution in [-0.4, -0.2) is 12.0 Å². The molecule has 3 rings (SSSR count). The maximum absolute atomic E-state index is 10.4. The van der Waals surface area contributed by atoms with Crippen LogP contribution >= 0.6 is 11.6 Å². The third kappa shape index (κ3) is 1.92. The minimum Gasteiger partial charge on any atom is -0.453 e. The van der Waals surface area contributed by atoms with Crippen molar-refractivity contribution in [3.8, 4) is 0 Å². The van der Waals surface area contributed by atoms with Gasteiger partial charge in [0, 0.05) is 18.0 Å². The summed E-state index contributed by atoms with van der Waals surface area (Å²) in [5.41, 5.74) is 1.22. The number of allylic oxidation sites excluding steroid dienone is 1. The van der Waals surface area contributed by atoms with Crippen molar-refractivity contribution in [2.75, 3.05) is 6.61 Å². The topological polar surface area (TPSA) is 26.3 Å². The van der Waals surface area contributed by atoms with Gasteiger partial charge in [0.1, 0.15) is 0 Å². The standard InChI is InChI=1S/C12H17ClO2/c1-12(2)9-4-3-8(10(12)7-9)5-6-15-11(13)14/h3,9-10H,4-7H2,1-2H3. The van der Waals surface area contributed by atoms with Crippen LogP contribution in [0.25, 0.3) is 0 Å². The maximum Gasteiger partial charge on any atom is 0.403 e. The molecule has 2 bridgehead atoms. The van der Waals surface area contributed by atoms with E-state index >= 15 is 0 Å². The first-order chi connectivity index (χ1) is 7.01. The molecule has 0 aliphatic heterocycles. The Labute approximate surface area is 95.6 Å². The molecule has 0 spiro atoms. The molecule has 0 aromatic rings. The van der Waals surface area contributed by atoms with Crippen LogP contribution in [0.2, 0.25) is 0 Å². The van der Waals surface area contributed by atoms with Gasteiger partial charge in [-0.05, 0) is 30.1 Å². The molecular formula is C12H17ClO2. The predicted molar refractivity (Wildman–Crippen MR) is 59.9 cm³/mol. The average molecular weight is 229 g/mol. The van der Waals surface area contributed by atoms with Gasteiger partial charge in [-0.1, -0.05) is 25.5 Å². The zero-order valence-corrected chi connectivity index (χ0v) is 10.0. The van der Waals surface area contributed by atoms with Crippen LogP contribution in [0.1, 0.15) is 33.1 Å². The molecule has 3 heteroatoms. The van der Waals surface area contributed by atoms with Crippen LogP contribution in [0.15, 0.2) is 11.6 Å². The van der Waals surface area contributed by atoms with E-state index in [9.17, 15) is 4.79 Å². The molecule has 0 aromatic carbocycles. The molecule has 3 aliphatic carbocycles. The monoisotopic (exact) mass is 228 g/mol. The summed E-state index contributed by atoms with van der Waals surface area (Å²) in [6.07, 6.45) is 5.67. The number of carbonyl (C=O) groups is 1. The summed E-state index contributed by atoms with van der Waals surface area (Å²) in [7, 11) is 0. The first-order valence-electron chi connectivity index (χ1n) is 5.53. The van der Waals surface area contributed by atoms with Crippen LogP contribution in [-0.2, 0) is 4.74 Å². The minimum atomic E-state index is -0.697. The lowest BCUT2D eigenvalue weighted by Crippen LogP contribution is -2.48. The predicted octanol–water partition coefficient (Wildman–Crippen LogP) is 3.74. The molecule has 0 amide bonds. The van der Waals surface area contributed by atoms with Crippen molar-refractivity contribution in [2.45, 2.75) is 33.1 Å². The second-order valence-electron chi connectivity index (χ2n) is 5.16. The van der Waals surface area contributed by atoms with Gasteiger partial charge in [-0.3, -0.25) is 0 Å². The van der Waals surface area contributed by atoms with Gasteiger partial charge in [0.15, 0.2) is 0 Å². The van der Waals surface area contributed by atoms with Crippen LogP contribution < -0.4 is 0 Å². The van der Waals surface area contributed by atoms with Crippen molar-refractivity contribution in [3.05, 3.63) is 11.6 Å². The highest BCUT2D eigenvalue weighted by atomic mass is 35.5. The van der Waals surface area contributed by atoms with E-state index in [2.05, 4.69) is 19.9 Å². The van der Waals surface area contributed by atoms with Gasteiger partial charge in [-0.15, -0.1) is 0 Å². The molecule has 0 saturated heterocycles. The van der Waals surface area contributed by atoms with Gasteiger partial charge in [-0.2, -0.15) is 0 Å². The number of carbonyl (C=O) groups excluding carboxylic acids is 1. The molecule has 1 fully saturated rings. The SMILES string of the molecule is CC1(C)C2CC=C(CCOC(=O)Cl)C1C2. The second-order valence-corrected chi connectivity index (χ2v) is 5.47. The van der Waals surface area contributed by atoms with E-state index in [4.69, 9.17) is 16.3 Å². The smallest absolute Gasteiger partial charge is 0.403 e. The highest BCUT2D eigenvalue weighted by molar-refractivity contribution is 6.61. The largest absolute Gasteiger partial charge is 0.453 e. The molecule has 15 heavy (non-hydrogen) atoms. The van der Waals surface area contributed by atoms with E-state index in [1.807, 2.05) is 0 Å². The Morgan fingerprint density at radius 1 is 1.67 bits per heavy atom. The first kappa shape index (κ1) is 11.0. The zero-order valence-electron chi connectivity index (χ0n) is 9.25. The minimum absolute atomic E-state index is 0.422. The highest BCUT2D eigenvalue weighted by Gasteiger charge is 2.50. The third-order valence-electron chi connectivity index (χ3n) is 4.19. The van der Waals surface area contributed by atoms with Gasteiger partial charge in [0.2, 0.25) is 0 Å². The van der Waals surface area contributed by atoms with E-state index in [-0.39, 0.29) is 0 Å². The fourth-order valence-electron chi connectivity index (χ4n) is 3.01. The van der Waals surface area contributed by atoms with E-state index in [0.29, 0.717) is 17.9 Å². The first-order valence-corrected chi connectivity index (χ1v) is 5.91. The van der Waals surface area contributed by atoms with Crippen LogP contribution in [0.3, 0.4) is 0 Å². The Morgan fingerprint density at radius 3 is 2.93 bits per heavy atom. The Hall–Kier alpha value is -0.500. The van der Waals surface area contributed by atoms with Crippen LogP contribution in [0.4, 0.5) is 4.79 Å². The fraction of sp³-hybridized carbons (Fsp3) is 0.750. The van der Waals surface area contributed by atoms with Crippen molar-refractivity contribution in [3.63, 3.8) is 0 Å². The third-order valence-corrected chi connectivity index (χ3v) is 4.30. The summed E-state index contributed by atoms with van der Waals surface area (Å²) < 4.78 is 4.76. The number of hydrogen-bond donors (Lipinski definition) is 0. The summed E-state index contributed by atoms with van der Waals surface area (Å²) in [6, 6.07) is 0. The lowest BCUT2D eigenvalue weighted by Gasteiger charge is -2.56. The lowest BCUT2D eigenvalue weighted by atomic mass is 9.48. The fourth-order valence-corrected chi connectivity index (χ4v) is 3.08. The summed E-state index contributed by atoms with van der Waals surface area (Å²) in [5.74, 6) is 1.56. The van der Waals surface area contributed by atoms with Gasteiger partial charge in [-0.25, -0.2) is 4.79 Å². The van der Waals surface area contributed by atoms with Crippen molar-refractivity contribution in [1.29, 1.82) is 0 Å². The lowest BCUT2D eigenvalue weighted by molar-refractivity contribution is -0.00951. The zero-order chi connectivity index (χ0) is 11.1. The molecule has 0 N–H and O–H groups in total. The Kier molecular flexibility index (Phi) is 2.80. The van der Waals surface area contributed by atoms with Gasteiger partial charge in [0.05, 0.1) is 6.61 Å². The molecule has 0 heterocycles. The Bertz CT molecular complexity index is 307. The molecular weight excluding hydrogens is 212 g/mol. The van der Waals surface area contributed by atoms with E-state index in [0.717, 1.165) is 12.3 Å². The number of ether oxygens (including phenoxy) is 1. The molecule has 2 unspecified atom stereocenters. The summed E-state index contributed by atoms with van der Waals surface area (Å²) in [4.78, 5) is 10.4. The maximum atomic E-state index is 10.4. The number of hydrogen-bond acceptors (Lipinski definition) is 2. The summed E-state index contributed by atoms with van der Waals surface area (Å²) in [5, 5.41) is 0. The summed E-state index contributed by atoms with van der Waals surface area (Å²) >= 11 is 5.12. The van der Waals surface area contributed by atoms with E-state index in [1.54, 1.807) is 0 Å². The summed E-state index contributed by atoms with van der Waals surface area (Å²) in [6.45, 7) is 5.10.